The number of Topliss-reactive ketones (excluding diaryl/α,β-unsaturated/α-hetero) is 1. The lowest BCUT2D eigenvalue weighted by molar-refractivity contribution is -0.118. The van der Waals surface area contributed by atoms with Crippen LogP contribution in [0.15, 0.2) is 36.1 Å². The Balaban J connectivity index is 1.64. The Kier molecular flexibility index (Phi) is 3.78. The first-order valence-electron chi connectivity index (χ1n) is 9.10. The predicted octanol–water partition coefficient (Wildman–Crippen LogP) is 5.28. The van der Waals surface area contributed by atoms with E-state index in [2.05, 4.69) is 19.1 Å². The number of rotatable bonds is 3. The van der Waals surface area contributed by atoms with Gasteiger partial charge in [-0.05, 0) is 54.2 Å². The van der Waals surface area contributed by atoms with E-state index in [1.54, 1.807) is 0 Å². The van der Waals surface area contributed by atoms with E-state index in [0.717, 1.165) is 45.2 Å². The molecule has 1 aromatic heterocycles. The minimum absolute atomic E-state index is 0.00388. The predicted molar refractivity (Wildman–Crippen MR) is 104 cm³/mol. The van der Waals surface area contributed by atoms with Crippen LogP contribution in [-0.2, 0) is 16.0 Å². The Morgan fingerprint density at radius 1 is 1.19 bits per heavy atom. The van der Waals surface area contributed by atoms with Gasteiger partial charge in [0, 0.05) is 4.88 Å². The van der Waals surface area contributed by atoms with Gasteiger partial charge in [0.05, 0.1) is 34.0 Å². The van der Waals surface area contributed by atoms with Gasteiger partial charge in [-0.15, -0.1) is 11.3 Å². The lowest BCUT2D eigenvalue weighted by atomic mass is 9.80. The van der Waals surface area contributed by atoms with Crippen molar-refractivity contribution in [3.05, 3.63) is 51.6 Å². The average Bonchev–Trinajstić information content (AvgIpc) is 3.39. The molecule has 0 radical (unpaired) electrons. The first-order chi connectivity index (χ1) is 12.6. The fourth-order valence-corrected chi connectivity index (χ4v) is 5.87. The summed E-state index contributed by atoms with van der Waals surface area (Å²) in [5.41, 5.74) is 3.49. The Hall–Kier alpha value is -1.62. The van der Waals surface area contributed by atoms with Gasteiger partial charge < -0.3 is 9.84 Å². The summed E-state index contributed by atoms with van der Waals surface area (Å²) in [6.07, 6.45) is 2.64. The number of carbonyl (C=O) groups excluding carboxylic acids is 1. The van der Waals surface area contributed by atoms with Crippen molar-refractivity contribution in [2.45, 2.75) is 38.4 Å². The maximum atomic E-state index is 13.2. The van der Waals surface area contributed by atoms with Gasteiger partial charge >= 0.3 is 0 Å². The second kappa shape index (κ2) is 5.95. The quantitative estimate of drug-likeness (QED) is 0.780. The molecule has 3 aliphatic rings. The van der Waals surface area contributed by atoms with E-state index in [0.29, 0.717) is 5.57 Å². The zero-order valence-corrected chi connectivity index (χ0v) is 15.9. The smallest absolute Gasteiger partial charge is 0.173 e. The Morgan fingerprint density at radius 2 is 1.96 bits per heavy atom. The van der Waals surface area contributed by atoms with Crippen molar-refractivity contribution in [1.82, 2.24) is 0 Å². The van der Waals surface area contributed by atoms with Crippen molar-refractivity contribution < 1.29 is 14.6 Å². The highest BCUT2D eigenvalue weighted by molar-refractivity contribution is 7.19. The Bertz CT molecular complexity index is 944. The molecule has 2 saturated heterocycles. The number of thiophene rings is 1. The SMILES string of the molecule is CCc1ccc(-c2ccc(Cl)s2)cc1C1=C(O)[C@H]2C3CCC(O3)[C@H]2C1=O. The van der Waals surface area contributed by atoms with E-state index in [4.69, 9.17) is 16.3 Å². The number of fused-ring (bicyclic) bond motifs is 5. The summed E-state index contributed by atoms with van der Waals surface area (Å²) < 4.78 is 6.63. The molecular formula is C21H19ClO3S. The lowest BCUT2D eigenvalue weighted by Crippen LogP contribution is -2.29. The molecule has 2 aromatic rings. The molecule has 5 heteroatoms. The van der Waals surface area contributed by atoms with Crippen molar-refractivity contribution in [3.63, 3.8) is 0 Å². The third kappa shape index (κ3) is 2.25. The Morgan fingerprint density at radius 3 is 2.62 bits per heavy atom. The molecule has 3 nitrogen and oxygen atoms in total. The van der Waals surface area contributed by atoms with Crippen LogP contribution in [0.2, 0.25) is 4.34 Å². The molecule has 2 aliphatic heterocycles. The molecule has 134 valence electrons. The largest absolute Gasteiger partial charge is 0.511 e. The maximum Gasteiger partial charge on any atom is 0.173 e. The number of allylic oxidation sites excluding steroid dienone is 1. The van der Waals surface area contributed by atoms with Gasteiger partial charge in [0.2, 0.25) is 0 Å². The van der Waals surface area contributed by atoms with Crippen LogP contribution in [0.1, 0.15) is 30.9 Å². The highest BCUT2D eigenvalue weighted by atomic mass is 35.5. The number of hydrogen-bond acceptors (Lipinski definition) is 4. The van der Waals surface area contributed by atoms with Gasteiger partial charge in [-0.3, -0.25) is 4.79 Å². The summed E-state index contributed by atoms with van der Waals surface area (Å²) in [4.78, 5) is 14.3. The molecule has 2 bridgehead atoms. The summed E-state index contributed by atoms with van der Waals surface area (Å²) in [5.74, 6) is -0.0619. The van der Waals surface area contributed by atoms with Crippen LogP contribution in [0.4, 0.5) is 0 Å². The number of carbonyl (C=O) groups is 1. The number of hydrogen-bond donors (Lipinski definition) is 1. The molecule has 0 saturated carbocycles. The highest BCUT2D eigenvalue weighted by Crippen LogP contribution is 2.54. The van der Waals surface area contributed by atoms with E-state index < -0.39 is 0 Å². The van der Waals surface area contributed by atoms with E-state index in [-0.39, 0.29) is 35.6 Å². The molecule has 26 heavy (non-hydrogen) atoms. The molecule has 1 aromatic carbocycles. The highest BCUT2D eigenvalue weighted by Gasteiger charge is 2.59. The van der Waals surface area contributed by atoms with E-state index in [9.17, 15) is 9.90 Å². The molecular weight excluding hydrogens is 368 g/mol. The molecule has 1 aliphatic carbocycles. The summed E-state index contributed by atoms with van der Waals surface area (Å²) in [6.45, 7) is 2.07. The maximum absolute atomic E-state index is 13.2. The van der Waals surface area contributed by atoms with Crippen LogP contribution < -0.4 is 0 Å². The van der Waals surface area contributed by atoms with Crippen LogP contribution in [0.5, 0.6) is 0 Å². The van der Waals surface area contributed by atoms with E-state index >= 15 is 0 Å². The van der Waals surface area contributed by atoms with Crippen LogP contribution >= 0.6 is 22.9 Å². The van der Waals surface area contributed by atoms with Gasteiger partial charge in [0.15, 0.2) is 5.78 Å². The standard InChI is InChI=1S/C21H19ClO3S/c1-2-10-3-4-11(15-7-8-16(22)26-15)9-12(10)17-20(23)18-13-5-6-14(25-13)19(18)21(17)24/h3-4,7-9,13-14,18-19,23H,2,5-6H2,1H3/t13?,14?,18-,19+/m0/s1. The molecule has 2 fully saturated rings. The topological polar surface area (TPSA) is 46.5 Å². The van der Waals surface area contributed by atoms with Gasteiger partial charge in [0.1, 0.15) is 5.76 Å². The second-order valence-electron chi connectivity index (χ2n) is 7.30. The third-order valence-electron chi connectivity index (χ3n) is 6.01. The fraction of sp³-hybridized carbons (Fsp3) is 0.381. The number of aliphatic hydroxyl groups is 1. The Labute approximate surface area is 161 Å². The van der Waals surface area contributed by atoms with Gasteiger partial charge in [-0.2, -0.15) is 0 Å². The van der Waals surface area contributed by atoms with Crippen molar-refractivity contribution >= 4 is 34.3 Å². The number of benzene rings is 1. The monoisotopic (exact) mass is 386 g/mol. The number of ketones is 1. The lowest BCUT2D eigenvalue weighted by Gasteiger charge is -2.19. The number of halogens is 1. The van der Waals surface area contributed by atoms with Crippen molar-refractivity contribution in [3.8, 4) is 10.4 Å². The number of ether oxygens (including phenoxy) is 1. The molecule has 3 heterocycles. The minimum Gasteiger partial charge on any atom is -0.511 e. The van der Waals surface area contributed by atoms with Gasteiger partial charge in [-0.25, -0.2) is 0 Å². The first-order valence-corrected chi connectivity index (χ1v) is 10.3. The van der Waals surface area contributed by atoms with Crippen LogP contribution in [0, 0.1) is 11.8 Å². The summed E-state index contributed by atoms with van der Waals surface area (Å²) in [6, 6.07) is 10.0. The minimum atomic E-state index is -0.201. The average molecular weight is 387 g/mol. The summed E-state index contributed by atoms with van der Waals surface area (Å²) >= 11 is 7.60. The van der Waals surface area contributed by atoms with Crippen molar-refractivity contribution in [2.24, 2.45) is 11.8 Å². The molecule has 1 N–H and O–H groups in total. The second-order valence-corrected chi connectivity index (χ2v) is 9.01. The summed E-state index contributed by atoms with van der Waals surface area (Å²) in [5, 5.41) is 11.0. The van der Waals surface area contributed by atoms with Crippen LogP contribution in [0.25, 0.3) is 16.0 Å². The summed E-state index contributed by atoms with van der Waals surface area (Å²) in [7, 11) is 0. The van der Waals surface area contributed by atoms with Crippen molar-refractivity contribution in [2.75, 3.05) is 0 Å². The molecule has 2 unspecified atom stereocenters. The van der Waals surface area contributed by atoms with E-state index in [1.165, 1.54) is 11.3 Å². The van der Waals surface area contributed by atoms with Crippen LogP contribution in [-0.4, -0.2) is 23.1 Å². The van der Waals surface area contributed by atoms with Crippen LogP contribution in [0.3, 0.4) is 0 Å². The van der Waals surface area contributed by atoms with Gasteiger partial charge in [0.25, 0.3) is 0 Å². The molecule has 0 spiro atoms. The molecule has 4 atom stereocenters. The normalized spacial score (nSPS) is 29.7. The molecule has 0 amide bonds. The number of aliphatic hydroxyl groups excluding tert-OH is 1. The number of aryl methyl sites for hydroxylation is 1. The zero-order valence-electron chi connectivity index (χ0n) is 14.4. The van der Waals surface area contributed by atoms with Gasteiger partial charge in [-0.1, -0.05) is 30.7 Å². The molecule has 5 rings (SSSR count). The first kappa shape index (κ1) is 16.5. The van der Waals surface area contributed by atoms with E-state index in [1.807, 2.05) is 18.2 Å². The van der Waals surface area contributed by atoms with Crippen molar-refractivity contribution in [1.29, 1.82) is 0 Å². The third-order valence-corrected chi connectivity index (χ3v) is 7.29. The zero-order chi connectivity index (χ0) is 18.0. The fourth-order valence-electron chi connectivity index (χ4n) is 4.83.